The molecule has 0 aliphatic heterocycles. The Kier molecular flexibility index (Phi) is 3.76. The van der Waals surface area contributed by atoms with Gasteiger partial charge in [-0.25, -0.2) is 13.2 Å². The number of phenolic OH excluding ortho intramolecular Hbond substituents is 1. The maximum absolute atomic E-state index is 12.2. The first kappa shape index (κ1) is 12.3. The van der Waals surface area contributed by atoms with E-state index in [9.17, 15) is 22.0 Å². The van der Waals surface area contributed by atoms with Gasteiger partial charge in [-0.3, -0.25) is 0 Å². The molecule has 0 aromatic heterocycles. The van der Waals surface area contributed by atoms with Crippen molar-refractivity contribution in [1.82, 2.24) is 0 Å². The van der Waals surface area contributed by atoms with Crippen molar-refractivity contribution in [2.75, 3.05) is 0 Å². The minimum atomic E-state index is -2.29. The van der Waals surface area contributed by atoms with Crippen LogP contribution in [0.25, 0.3) is 0 Å². The van der Waals surface area contributed by atoms with Crippen molar-refractivity contribution in [3.8, 4) is 5.75 Å². The molecule has 1 rings (SSSR count). The number of rotatable bonds is 0. The van der Waals surface area contributed by atoms with Crippen LogP contribution in [-0.4, -0.2) is 5.11 Å². The van der Waals surface area contributed by atoms with Crippen LogP contribution < -0.4 is 18.9 Å². The van der Waals surface area contributed by atoms with Gasteiger partial charge in [-0.1, -0.05) is 0 Å². The number of aromatic hydroxyl groups is 1. The maximum atomic E-state index is 12.2. The molecule has 0 saturated carbocycles. The van der Waals surface area contributed by atoms with E-state index >= 15 is 0 Å². The van der Waals surface area contributed by atoms with Gasteiger partial charge in [0.05, 0.1) is 0 Å². The SMILES string of the molecule is Oc1c(F)c(F)c(F)c(F)c1F.[H-].[Li+]. The smallest absolute Gasteiger partial charge is 1.00 e. The summed E-state index contributed by atoms with van der Waals surface area (Å²) < 4.78 is 60.6. The van der Waals surface area contributed by atoms with Crippen molar-refractivity contribution in [2.45, 2.75) is 0 Å². The fourth-order valence-electron chi connectivity index (χ4n) is 0.593. The summed E-state index contributed by atoms with van der Waals surface area (Å²) in [5.74, 6) is -12.9. The Bertz CT molecular complexity index is 240. The van der Waals surface area contributed by atoms with Crippen LogP contribution in [0.1, 0.15) is 1.43 Å². The van der Waals surface area contributed by atoms with Gasteiger partial charge in [0, 0.05) is 0 Å². The molecule has 0 aliphatic carbocycles. The molecule has 1 nitrogen and oxygen atoms in total. The number of hydrogen-bond donors (Lipinski definition) is 1. The normalized spacial score (nSPS) is 9.62. The van der Waals surface area contributed by atoms with Gasteiger partial charge in [-0.2, -0.15) is 8.78 Å². The summed E-state index contributed by atoms with van der Waals surface area (Å²) in [7, 11) is 0. The van der Waals surface area contributed by atoms with E-state index in [1.54, 1.807) is 0 Å². The van der Waals surface area contributed by atoms with Crippen LogP contribution in [0.2, 0.25) is 0 Å². The van der Waals surface area contributed by atoms with Crippen LogP contribution in [-0.2, 0) is 0 Å². The third-order valence-corrected chi connectivity index (χ3v) is 1.19. The van der Waals surface area contributed by atoms with Gasteiger partial charge in [-0.15, -0.1) is 0 Å². The molecule has 0 aliphatic rings. The second-order valence-corrected chi connectivity index (χ2v) is 1.92. The number of halogens is 5. The summed E-state index contributed by atoms with van der Waals surface area (Å²) in [6.45, 7) is 0. The number of phenols is 1. The maximum Gasteiger partial charge on any atom is 1.00 e. The number of benzene rings is 1. The molecule has 7 heteroatoms. The third-order valence-electron chi connectivity index (χ3n) is 1.19. The minimum Gasteiger partial charge on any atom is -1.00 e. The van der Waals surface area contributed by atoms with Gasteiger partial charge < -0.3 is 6.53 Å². The van der Waals surface area contributed by atoms with Gasteiger partial charge in [-0.05, 0) is 0 Å². The molecule has 13 heavy (non-hydrogen) atoms. The first-order chi connectivity index (χ1) is 5.46. The fraction of sp³-hybridized carbons (Fsp3) is 0. The first-order valence-corrected chi connectivity index (χ1v) is 2.67. The van der Waals surface area contributed by atoms with E-state index in [-0.39, 0.29) is 20.3 Å². The Hall–Kier alpha value is -0.733. The Balaban J connectivity index is 0. The fourth-order valence-corrected chi connectivity index (χ4v) is 0.593. The predicted octanol–water partition coefficient (Wildman–Crippen LogP) is -0.796. The third kappa shape index (κ3) is 1.79. The largest absolute Gasteiger partial charge is 1.00 e. The Morgan fingerprint density at radius 3 is 1.23 bits per heavy atom. The summed E-state index contributed by atoms with van der Waals surface area (Å²) in [4.78, 5) is 0. The molecule has 1 aromatic rings. The zero-order valence-electron chi connectivity index (χ0n) is 7.34. The monoisotopic (exact) mass is 192 g/mol. The molecule has 0 unspecified atom stereocenters. The van der Waals surface area contributed by atoms with Crippen LogP contribution in [0.5, 0.6) is 5.75 Å². The molecule has 0 radical (unpaired) electrons. The first-order valence-electron chi connectivity index (χ1n) is 2.67. The van der Waals surface area contributed by atoms with Crippen LogP contribution in [0.4, 0.5) is 22.0 Å². The van der Waals surface area contributed by atoms with Crippen molar-refractivity contribution >= 4 is 0 Å². The Morgan fingerprint density at radius 1 is 0.692 bits per heavy atom. The molecule has 0 spiro atoms. The Morgan fingerprint density at radius 2 is 0.923 bits per heavy atom. The van der Waals surface area contributed by atoms with E-state index in [1.165, 1.54) is 0 Å². The topological polar surface area (TPSA) is 20.2 Å². The summed E-state index contributed by atoms with van der Waals surface area (Å²) in [6.07, 6.45) is 0. The summed E-state index contributed by atoms with van der Waals surface area (Å²) >= 11 is 0. The molecule has 0 saturated heterocycles. The molecule has 68 valence electrons. The van der Waals surface area contributed by atoms with Crippen molar-refractivity contribution in [2.24, 2.45) is 0 Å². The van der Waals surface area contributed by atoms with Gasteiger partial charge >= 0.3 is 18.9 Å². The summed E-state index contributed by atoms with van der Waals surface area (Å²) in [5, 5.41) is 8.30. The van der Waals surface area contributed by atoms with Gasteiger partial charge in [0.25, 0.3) is 0 Å². The second kappa shape index (κ2) is 3.98. The van der Waals surface area contributed by atoms with E-state index in [0.29, 0.717) is 0 Å². The summed E-state index contributed by atoms with van der Waals surface area (Å²) in [5.41, 5.74) is 0. The zero-order valence-corrected chi connectivity index (χ0v) is 6.34. The zero-order chi connectivity index (χ0) is 9.46. The average Bonchev–Trinajstić information content (AvgIpc) is 2.08. The molecular weight excluding hydrogens is 190 g/mol. The van der Waals surface area contributed by atoms with Crippen LogP contribution >= 0.6 is 0 Å². The van der Waals surface area contributed by atoms with E-state index in [2.05, 4.69) is 0 Å². The summed E-state index contributed by atoms with van der Waals surface area (Å²) in [6, 6.07) is 0. The van der Waals surface area contributed by atoms with Crippen molar-refractivity contribution < 1.29 is 47.3 Å². The standard InChI is InChI=1S/C6HF5O.Li.H/c7-1-2(8)4(10)6(12)5(11)3(1)9;;/h12H;;/q;+1;-1. The van der Waals surface area contributed by atoms with Crippen molar-refractivity contribution in [3.05, 3.63) is 29.1 Å². The molecule has 1 aromatic carbocycles. The van der Waals surface area contributed by atoms with Crippen LogP contribution in [0.3, 0.4) is 0 Å². The molecule has 1 N–H and O–H groups in total. The molecule has 0 amide bonds. The van der Waals surface area contributed by atoms with Gasteiger partial charge in [0.15, 0.2) is 5.75 Å². The number of hydrogen-bond acceptors (Lipinski definition) is 1. The van der Waals surface area contributed by atoms with E-state index in [0.717, 1.165) is 0 Å². The molecule has 0 fully saturated rings. The molecular formula is C6H2F5LiO. The molecule has 0 heterocycles. The van der Waals surface area contributed by atoms with Crippen molar-refractivity contribution in [1.29, 1.82) is 0 Å². The second-order valence-electron chi connectivity index (χ2n) is 1.92. The van der Waals surface area contributed by atoms with Gasteiger partial charge in [0.1, 0.15) is 0 Å². The van der Waals surface area contributed by atoms with Crippen molar-refractivity contribution in [3.63, 3.8) is 0 Å². The molecule has 0 atom stereocenters. The molecule has 0 bridgehead atoms. The van der Waals surface area contributed by atoms with E-state index in [4.69, 9.17) is 5.11 Å². The van der Waals surface area contributed by atoms with Crippen LogP contribution in [0, 0.1) is 29.1 Å². The Labute approximate surface area is 82.8 Å². The minimum absolute atomic E-state index is 0. The predicted molar refractivity (Wildman–Crippen MR) is 29.0 cm³/mol. The van der Waals surface area contributed by atoms with E-state index in [1.807, 2.05) is 0 Å². The average molecular weight is 192 g/mol. The van der Waals surface area contributed by atoms with E-state index < -0.39 is 34.8 Å². The van der Waals surface area contributed by atoms with Crippen LogP contribution in [0.15, 0.2) is 0 Å². The van der Waals surface area contributed by atoms with Gasteiger partial charge in [0.2, 0.25) is 29.1 Å². The quantitative estimate of drug-likeness (QED) is 0.247.